The number of ether oxygens (including phenoxy) is 1. The predicted molar refractivity (Wildman–Crippen MR) is 79.2 cm³/mol. The van der Waals surface area contributed by atoms with E-state index in [-0.39, 0.29) is 16.3 Å². The van der Waals surface area contributed by atoms with Crippen LogP contribution in [0.25, 0.3) is 0 Å². The van der Waals surface area contributed by atoms with Gasteiger partial charge >= 0.3 is 12.3 Å². The maximum absolute atomic E-state index is 13.1. The number of hydrogen-bond acceptors (Lipinski definition) is 3. The molecule has 0 radical (unpaired) electrons. The lowest BCUT2D eigenvalue weighted by molar-refractivity contribution is -0.148. The highest BCUT2D eigenvalue weighted by atomic mass is 35.5. The second-order valence-electron chi connectivity index (χ2n) is 5.69. The fraction of sp³-hybridized carbons (Fsp3) is 0.500. The van der Waals surface area contributed by atoms with Gasteiger partial charge in [0, 0.05) is 17.3 Å². The first-order chi connectivity index (χ1) is 9.94. The quantitative estimate of drug-likeness (QED) is 0.864. The van der Waals surface area contributed by atoms with Crippen LogP contribution in [0.15, 0.2) is 18.2 Å². The molecular formula is C14H18ClF3N2O2. The molecule has 0 aliphatic rings. The van der Waals surface area contributed by atoms with Gasteiger partial charge in [-0.05, 0) is 44.5 Å². The number of hydrogen-bond donors (Lipinski definition) is 2. The van der Waals surface area contributed by atoms with Crippen LogP contribution in [0.4, 0.5) is 23.7 Å². The number of carbonyl (C=O) groups is 1. The first-order valence-corrected chi connectivity index (χ1v) is 6.88. The smallest absolute Gasteiger partial charge is 0.412 e. The molecule has 0 heterocycles. The summed E-state index contributed by atoms with van der Waals surface area (Å²) < 4.78 is 44.2. The van der Waals surface area contributed by atoms with Crippen molar-refractivity contribution >= 4 is 23.4 Å². The fourth-order valence-corrected chi connectivity index (χ4v) is 1.97. The molecule has 0 aliphatic carbocycles. The van der Waals surface area contributed by atoms with E-state index in [4.69, 9.17) is 22.1 Å². The Morgan fingerprint density at radius 2 is 1.95 bits per heavy atom. The molecule has 0 aliphatic heterocycles. The van der Waals surface area contributed by atoms with Crippen molar-refractivity contribution in [3.05, 3.63) is 28.8 Å². The van der Waals surface area contributed by atoms with E-state index in [0.29, 0.717) is 0 Å². The monoisotopic (exact) mass is 338 g/mol. The van der Waals surface area contributed by atoms with Crippen LogP contribution in [0.3, 0.4) is 0 Å². The molecule has 1 amide bonds. The molecule has 1 rings (SSSR count). The molecular weight excluding hydrogens is 321 g/mol. The van der Waals surface area contributed by atoms with Gasteiger partial charge in [0.1, 0.15) is 5.60 Å². The van der Waals surface area contributed by atoms with E-state index in [2.05, 4.69) is 5.32 Å². The van der Waals surface area contributed by atoms with Gasteiger partial charge in [-0.1, -0.05) is 11.6 Å². The number of nitrogens with two attached hydrogens (primary N) is 1. The van der Waals surface area contributed by atoms with Crippen molar-refractivity contribution < 1.29 is 22.7 Å². The van der Waals surface area contributed by atoms with Crippen LogP contribution in [0.1, 0.15) is 32.3 Å². The highest BCUT2D eigenvalue weighted by molar-refractivity contribution is 6.30. The van der Waals surface area contributed by atoms with E-state index < -0.39 is 30.3 Å². The molecule has 0 saturated heterocycles. The molecule has 1 unspecified atom stereocenters. The van der Waals surface area contributed by atoms with Crippen LogP contribution in [-0.4, -0.2) is 24.4 Å². The average molecular weight is 339 g/mol. The Hall–Kier alpha value is -1.47. The van der Waals surface area contributed by atoms with Crippen molar-refractivity contribution in [3.63, 3.8) is 0 Å². The Morgan fingerprint density at radius 3 is 2.41 bits per heavy atom. The number of anilines is 1. The van der Waals surface area contributed by atoms with Crippen LogP contribution in [0.5, 0.6) is 0 Å². The molecule has 22 heavy (non-hydrogen) atoms. The van der Waals surface area contributed by atoms with Crippen molar-refractivity contribution in [2.45, 2.75) is 38.5 Å². The summed E-state index contributed by atoms with van der Waals surface area (Å²) in [6.07, 6.45) is -5.40. The molecule has 0 spiro atoms. The normalized spacial score (nSPS) is 13.6. The minimum Gasteiger partial charge on any atom is -0.444 e. The Labute approximate surface area is 131 Å². The first kappa shape index (κ1) is 18.6. The topological polar surface area (TPSA) is 64.3 Å². The highest BCUT2D eigenvalue weighted by Gasteiger charge is 2.41. The van der Waals surface area contributed by atoms with Gasteiger partial charge in [0.15, 0.2) is 0 Å². The maximum Gasteiger partial charge on any atom is 0.412 e. The Morgan fingerprint density at radius 1 is 1.36 bits per heavy atom. The lowest BCUT2D eigenvalue weighted by Gasteiger charge is -2.24. The highest BCUT2D eigenvalue weighted by Crippen LogP contribution is 2.38. The number of halogens is 4. The summed E-state index contributed by atoms with van der Waals surface area (Å²) in [7, 11) is 0. The predicted octanol–water partition coefficient (Wildman–Crippen LogP) is 4.29. The van der Waals surface area contributed by atoms with Crippen molar-refractivity contribution in [1.82, 2.24) is 0 Å². The summed E-state index contributed by atoms with van der Waals surface area (Å²) in [6, 6.07) is 3.80. The average Bonchev–Trinajstić information content (AvgIpc) is 2.29. The van der Waals surface area contributed by atoms with Crippen LogP contribution >= 0.6 is 11.6 Å². The number of amides is 1. The number of rotatable bonds is 3. The van der Waals surface area contributed by atoms with Crippen molar-refractivity contribution in [1.29, 1.82) is 0 Å². The molecule has 0 saturated carbocycles. The summed E-state index contributed by atoms with van der Waals surface area (Å²) in [6.45, 7) is 4.28. The summed E-state index contributed by atoms with van der Waals surface area (Å²) >= 11 is 5.76. The molecule has 1 atom stereocenters. The van der Waals surface area contributed by atoms with Gasteiger partial charge in [0.05, 0.1) is 5.92 Å². The SMILES string of the molecule is CC(C)(C)OC(=O)Nc1ccc(Cl)cc1C(CN)C(F)(F)F. The summed E-state index contributed by atoms with van der Waals surface area (Å²) in [5, 5.41) is 2.42. The van der Waals surface area contributed by atoms with E-state index in [0.717, 1.165) is 6.07 Å². The summed E-state index contributed by atoms with van der Waals surface area (Å²) in [5.74, 6) is -1.93. The molecule has 124 valence electrons. The van der Waals surface area contributed by atoms with E-state index in [1.807, 2.05) is 0 Å². The largest absolute Gasteiger partial charge is 0.444 e. The van der Waals surface area contributed by atoms with Gasteiger partial charge in [-0.15, -0.1) is 0 Å². The second-order valence-corrected chi connectivity index (χ2v) is 6.12. The van der Waals surface area contributed by atoms with E-state index in [9.17, 15) is 18.0 Å². The Balaban J connectivity index is 3.13. The van der Waals surface area contributed by atoms with E-state index in [1.165, 1.54) is 12.1 Å². The van der Waals surface area contributed by atoms with E-state index in [1.54, 1.807) is 20.8 Å². The molecule has 3 N–H and O–H groups in total. The van der Waals surface area contributed by atoms with Crippen molar-refractivity contribution in [2.24, 2.45) is 5.73 Å². The van der Waals surface area contributed by atoms with Crippen LogP contribution in [-0.2, 0) is 4.74 Å². The minimum atomic E-state index is -4.55. The van der Waals surface area contributed by atoms with Crippen LogP contribution in [0.2, 0.25) is 5.02 Å². The Bertz CT molecular complexity index is 542. The third-order valence-corrected chi connectivity index (χ3v) is 2.89. The molecule has 8 heteroatoms. The van der Waals surface area contributed by atoms with Gasteiger partial charge in [0.2, 0.25) is 0 Å². The van der Waals surface area contributed by atoms with Crippen LogP contribution in [0, 0.1) is 0 Å². The molecule has 1 aromatic rings. The summed E-state index contributed by atoms with van der Waals surface area (Å²) in [4.78, 5) is 11.7. The lowest BCUT2D eigenvalue weighted by Crippen LogP contribution is -2.31. The standard InChI is InChI=1S/C14H18ClF3N2O2/c1-13(2,3)22-12(21)20-11-5-4-8(15)6-9(11)10(7-19)14(16,17)18/h4-6,10H,7,19H2,1-3H3,(H,20,21). The van der Waals surface area contributed by atoms with E-state index >= 15 is 0 Å². The molecule has 0 bridgehead atoms. The third kappa shape index (κ3) is 5.38. The number of alkyl halides is 3. The zero-order valence-electron chi connectivity index (χ0n) is 12.4. The molecule has 4 nitrogen and oxygen atoms in total. The van der Waals surface area contributed by atoms with Gasteiger partial charge < -0.3 is 10.5 Å². The third-order valence-electron chi connectivity index (χ3n) is 2.66. The van der Waals surface area contributed by atoms with Gasteiger partial charge in [-0.3, -0.25) is 5.32 Å². The van der Waals surface area contributed by atoms with Crippen LogP contribution < -0.4 is 11.1 Å². The van der Waals surface area contributed by atoms with Crippen molar-refractivity contribution in [3.8, 4) is 0 Å². The van der Waals surface area contributed by atoms with Gasteiger partial charge in [-0.25, -0.2) is 4.79 Å². The zero-order valence-corrected chi connectivity index (χ0v) is 13.2. The number of nitrogens with one attached hydrogen (secondary N) is 1. The lowest BCUT2D eigenvalue weighted by atomic mass is 9.96. The molecule has 0 fully saturated rings. The Kier molecular flexibility index (Phi) is 5.70. The zero-order chi connectivity index (χ0) is 17.1. The van der Waals surface area contributed by atoms with Gasteiger partial charge in [-0.2, -0.15) is 13.2 Å². The number of carbonyl (C=O) groups excluding carboxylic acids is 1. The maximum atomic E-state index is 13.1. The van der Waals surface area contributed by atoms with Gasteiger partial charge in [0.25, 0.3) is 0 Å². The minimum absolute atomic E-state index is 0.0357. The molecule has 1 aromatic carbocycles. The number of benzene rings is 1. The first-order valence-electron chi connectivity index (χ1n) is 6.50. The second kappa shape index (κ2) is 6.75. The molecule has 0 aromatic heterocycles. The van der Waals surface area contributed by atoms with Crippen molar-refractivity contribution in [2.75, 3.05) is 11.9 Å². The fourth-order valence-electron chi connectivity index (χ4n) is 1.79. The summed E-state index contributed by atoms with van der Waals surface area (Å²) in [5.41, 5.74) is 4.23.